The van der Waals surface area contributed by atoms with E-state index in [9.17, 15) is 21.6 Å². The topological polar surface area (TPSA) is 101 Å². The van der Waals surface area contributed by atoms with Gasteiger partial charge in [-0.15, -0.1) is 0 Å². The van der Waals surface area contributed by atoms with Crippen molar-refractivity contribution in [3.8, 4) is 5.75 Å². The molecule has 0 unspecified atom stereocenters. The zero-order valence-electron chi connectivity index (χ0n) is 17.7. The van der Waals surface area contributed by atoms with Crippen LogP contribution in [0.3, 0.4) is 0 Å². The Morgan fingerprint density at radius 3 is 2.30 bits per heavy atom. The van der Waals surface area contributed by atoms with E-state index < -0.39 is 44.0 Å². The third kappa shape index (κ3) is 4.22. The summed E-state index contributed by atoms with van der Waals surface area (Å²) in [7, 11) is -7.64. The lowest BCUT2D eigenvalue weighted by Crippen LogP contribution is -2.43. The van der Waals surface area contributed by atoms with E-state index in [0.717, 1.165) is 23.4 Å². The Hall–Kier alpha value is -1.65. The van der Waals surface area contributed by atoms with Crippen LogP contribution < -0.4 is 4.74 Å². The Morgan fingerprint density at radius 1 is 1.07 bits per heavy atom. The molecule has 0 bridgehead atoms. The van der Waals surface area contributed by atoms with Crippen LogP contribution in [0, 0.1) is 5.92 Å². The maximum Gasteiger partial charge on any atom is 0.243 e. The molecule has 0 spiro atoms. The first-order chi connectivity index (χ1) is 14.1. The van der Waals surface area contributed by atoms with Crippen molar-refractivity contribution < 1.29 is 26.4 Å². The fourth-order valence-corrected chi connectivity index (χ4v) is 7.33. The Kier molecular flexibility index (Phi) is 6.78. The van der Waals surface area contributed by atoms with Crippen molar-refractivity contribution in [3.05, 3.63) is 24.3 Å². The third-order valence-electron chi connectivity index (χ3n) is 5.77. The van der Waals surface area contributed by atoms with Gasteiger partial charge in [0.2, 0.25) is 26.0 Å². The molecule has 1 amide bonds. The van der Waals surface area contributed by atoms with E-state index in [2.05, 4.69) is 6.92 Å². The van der Waals surface area contributed by atoms with Gasteiger partial charge < -0.3 is 4.74 Å². The predicted molar refractivity (Wildman–Crippen MR) is 113 cm³/mol. The van der Waals surface area contributed by atoms with E-state index in [1.165, 1.54) is 16.4 Å². The third-order valence-corrected chi connectivity index (χ3v) is 8.85. The number of sulfonamides is 2. The van der Waals surface area contributed by atoms with Gasteiger partial charge in [-0.1, -0.05) is 26.7 Å². The normalized spacial score (nSPS) is 25.0. The van der Waals surface area contributed by atoms with E-state index in [1.54, 1.807) is 12.1 Å². The molecular weight excluding hydrogens is 428 g/mol. The quantitative estimate of drug-likeness (QED) is 0.526. The number of carbonyl (C=O) groups is 1. The average Bonchev–Trinajstić information content (AvgIpc) is 3.21. The maximum atomic E-state index is 13.4. The van der Waals surface area contributed by atoms with Crippen molar-refractivity contribution >= 4 is 26.0 Å². The van der Waals surface area contributed by atoms with Crippen molar-refractivity contribution in [3.63, 3.8) is 0 Å². The van der Waals surface area contributed by atoms with Crippen LogP contribution in [0.4, 0.5) is 0 Å². The standard InChI is InChI=1S/C20H30N2O6S2/c1-4-6-14-28-15-8-10-16(11-9-15)30(26,27)21-13-12-18-19(21)17(7-5-2)20(23)22(18)29(3,24)25/h8-11,17-19H,4-7,12-14H2,1-3H3/t17-,18+,19-/m1/s1. The van der Waals surface area contributed by atoms with Gasteiger partial charge in [-0.3, -0.25) is 4.79 Å². The number of amides is 1. The number of hydrogen-bond donors (Lipinski definition) is 0. The lowest BCUT2D eigenvalue weighted by molar-refractivity contribution is -0.128. The molecule has 0 N–H and O–H groups in total. The van der Waals surface area contributed by atoms with Gasteiger partial charge in [0.15, 0.2) is 0 Å². The molecule has 2 aliphatic rings. The highest BCUT2D eigenvalue weighted by Gasteiger charge is 2.58. The fraction of sp³-hybridized carbons (Fsp3) is 0.650. The minimum Gasteiger partial charge on any atom is -0.494 e. The Balaban J connectivity index is 1.89. The minimum absolute atomic E-state index is 0.117. The van der Waals surface area contributed by atoms with Crippen LogP contribution >= 0.6 is 0 Å². The molecule has 1 aromatic carbocycles. The molecule has 8 nitrogen and oxygen atoms in total. The van der Waals surface area contributed by atoms with Gasteiger partial charge >= 0.3 is 0 Å². The molecule has 30 heavy (non-hydrogen) atoms. The van der Waals surface area contributed by atoms with Crippen molar-refractivity contribution in [1.82, 2.24) is 8.61 Å². The zero-order valence-corrected chi connectivity index (χ0v) is 19.3. The van der Waals surface area contributed by atoms with E-state index in [0.29, 0.717) is 31.6 Å². The second-order valence-electron chi connectivity index (χ2n) is 7.93. The summed E-state index contributed by atoms with van der Waals surface area (Å²) in [5.41, 5.74) is 0. The first-order valence-electron chi connectivity index (χ1n) is 10.4. The number of rotatable bonds is 9. The summed E-state index contributed by atoms with van der Waals surface area (Å²) >= 11 is 0. The predicted octanol–water partition coefficient (Wildman–Crippen LogP) is 2.22. The molecule has 2 heterocycles. The van der Waals surface area contributed by atoms with Crippen molar-refractivity contribution in [2.75, 3.05) is 19.4 Å². The van der Waals surface area contributed by atoms with E-state index in [1.807, 2.05) is 6.92 Å². The minimum atomic E-state index is -3.87. The molecule has 3 atom stereocenters. The van der Waals surface area contributed by atoms with E-state index in [4.69, 9.17) is 4.74 Å². The smallest absolute Gasteiger partial charge is 0.243 e. The first kappa shape index (κ1) is 23.0. The van der Waals surface area contributed by atoms with Crippen LogP contribution in [0.5, 0.6) is 5.75 Å². The maximum absolute atomic E-state index is 13.4. The lowest BCUT2D eigenvalue weighted by Gasteiger charge is -2.26. The van der Waals surface area contributed by atoms with Crippen LogP contribution in [0.1, 0.15) is 46.0 Å². The molecule has 0 aliphatic carbocycles. The Morgan fingerprint density at radius 2 is 1.73 bits per heavy atom. The van der Waals surface area contributed by atoms with Crippen LogP contribution in [0.15, 0.2) is 29.2 Å². The van der Waals surface area contributed by atoms with Gasteiger partial charge in [0, 0.05) is 6.54 Å². The van der Waals surface area contributed by atoms with Gasteiger partial charge in [0.1, 0.15) is 5.75 Å². The van der Waals surface area contributed by atoms with Crippen LogP contribution in [-0.2, 0) is 24.8 Å². The van der Waals surface area contributed by atoms with Crippen molar-refractivity contribution in [2.24, 2.45) is 5.92 Å². The summed E-state index contributed by atoms with van der Waals surface area (Å²) in [5.74, 6) is -0.539. The molecule has 2 saturated heterocycles. The van der Waals surface area contributed by atoms with E-state index >= 15 is 0 Å². The van der Waals surface area contributed by atoms with E-state index in [-0.39, 0.29) is 11.4 Å². The Bertz CT molecular complexity index is 975. The first-order valence-corrected chi connectivity index (χ1v) is 13.7. The largest absolute Gasteiger partial charge is 0.494 e. The fourth-order valence-electron chi connectivity index (χ4n) is 4.44. The lowest BCUT2D eigenvalue weighted by atomic mass is 9.95. The van der Waals surface area contributed by atoms with Gasteiger partial charge in [-0.05, 0) is 43.5 Å². The molecule has 10 heteroatoms. The summed E-state index contributed by atoms with van der Waals surface area (Å²) in [6.07, 6.45) is 4.34. The number of ether oxygens (including phenoxy) is 1. The molecule has 3 rings (SSSR count). The van der Waals surface area contributed by atoms with Gasteiger partial charge in [0.25, 0.3) is 0 Å². The summed E-state index contributed by atoms with van der Waals surface area (Å²) in [6.45, 7) is 4.72. The highest BCUT2D eigenvalue weighted by atomic mass is 32.2. The second-order valence-corrected chi connectivity index (χ2v) is 11.7. The van der Waals surface area contributed by atoms with Gasteiger partial charge in [0.05, 0.1) is 35.8 Å². The van der Waals surface area contributed by atoms with Crippen LogP contribution in [0.2, 0.25) is 0 Å². The SMILES string of the molecule is CCCCOc1ccc(S(=O)(=O)N2CC[C@H]3[C@H]2[C@@H](CCC)C(=O)N3S(C)(=O)=O)cc1. The number of hydrogen-bond acceptors (Lipinski definition) is 6. The zero-order chi connectivity index (χ0) is 22.1. The summed E-state index contributed by atoms with van der Waals surface area (Å²) in [6, 6.07) is 4.95. The monoisotopic (exact) mass is 458 g/mol. The number of unbranched alkanes of at least 4 members (excludes halogenated alkanes) is 1. The van der Waals surface area contributed by atoms with Crippen LogP contribution in [0.25, 0.3) is 0 Å². The molecule has 1 aromatic rings. The number of carbonyl (C=O) groups excluding carboxylic acids is 1. The Labute approximate surface area is 179 Å². The highest BCUT2D eigenvalue weighted by molar-refractivity contribution is 7.89. The molecule has 2 aliphatic heterocycles. The number of benzene rings is 1. The molecular formula is C20H30N2O6S2. The van der Waals surface area contributed by atoms with Crippen LogP contribution in [-0.4, -0.2) is 62.8 Å². The second kappa shape index (κ2) is 8.84. The molecule has 0 aromatic heterocycles. The average molecular weight is 459 g/mol. The molecule has 2 fully saturated rings. The van der Waals surface area contributed by atoms with Gasteiger partial charge in [-0.2, -0.15) is 4.31 Å². The number of nitrogens with zero attached hydrogens (tertiary/aromatic N) is 2. The summed E-state index contributed by atoms with van der Waals surface area (Å²) in [5, 5.41) is 0. The summed E-state index contributed by atoms with van der Waals surface area (Å²) < 4.78 is 59.0. The molecule has 0 saturated carbocycles. The molecule has 0 radical (unpaired) electrons. The van der Waals surface area contributed by atoms with Crippen molar-refractivity contribution in [1.29, 1.82) is 0 Å². The van der Waals surface area contributed by atoms with Crippen molar-refractivity contribution in [2.45, 2.75) is 62.9 Å². The summed E-state index contributed by atoms with van der Waals surface area (Å²) in [4.78, 5) is 13.0. The number of fused-ring (bicyclic) bond motifs is 1. The highest BCUT2D eigenvalue weighted by Crippen LogP contribution is 2.42. The molecule has 168 valence electrons. The van der Waals surface area contributed by atoms with Gasteiger partial charge in [-0.25, -0.2) is 21.1 Å².